The largest absolute Gasteiger partial charge is 0.418 e. The van der Waals surface area contributed by atoms with Crippen LogP contribution in [0.4, 0.5) is 24.5 Å². The second-order valence-electron chi connectivity index (χ2n) is 8.80. The first-order chi connectivity index (χ1) is 17.6. The molecule has 1 aliphatic heterocycles. The van der Waals surface area contributed by atoms with Crippen molar-refractivity contribution in [2.45, 2.75) is 38.5 Å². The smallest absolute Gasteiger partial charge is 0.378 e. The number of nitrogens with zero attached hydrogens (tertiary/aromatic N) is 2. The molecule has 1 saturated heterocycles. The Balaban J connectivity index is 1.40. The Kier molecular flexibility index (Phi) is 7.44. The number of carbonyl (C=O) groups is 2. The third-order valence-corrected chi connectivity index (χ3v) is 6.07. The van der Waals surface area contributed by atoms with Gasteiger partial charge in [0.25, 0.3) is 5.91 Å². The standard InChI is InChI=1S/C26H26F3N5O3/c1-16-20(14-30-17(2)32-16)23(35)34-25(11-12-37-15-25)24(36)31-13-18-7-9-19(10-8-18)33-22-6-4-3-5-21(22)26(27,28)29/h3-10,14,33H,11-13,15H2,1-2H3,(H,31,36)(H,34,35). The minimum absolute atomic E-state index is 0.0256. The predicted molar refractivity (Wildman–Crippen MR) is 130 cm³/mol. The fraction of sp³-hybridized carbons (Fsp3) is 0.308. The summed E-state index contributed by atoms with van der Waals surface area (Å²) in [7, 11) is 0. The van der Waals surface area contributed by atoms with Crippen molar-refractivity contribution in [1.29, 1.82) is 0 Å². The zero-order valence-electron chi connectivity index (χ0n) is 20.3. The number of para-hydroxylation sites is 1. The average molecular weight is 514 g/mol. The summed E-state index contributed by atoms with van der Waals surface area (Å²) >= 11 is 0. The molecule has 0 radical (unpaired) electrons. The highest BCUT2D eigenvalue weighted by Gasteiger charge is 2.44. The predicted octanol–water partition coefficient (Wildman–Crippen LogP) is 4.06. The van der Waals surface area contributed by atoms with Gasteiger partial charge in [-0.3, -0.25) is 9.59 Å². The monoisotopic (exact) mass is 513 g/mol. The lowest BCUT2D eigenvalue weighted by molar-refractivity contribution is -0.137. The number of aromatic nitrogens is 2. The van der Waals surface area contributed by atoms with Crippen molar-refractivity contribution >= 4 is 23.2 Å². The molecule has 1 aromatic heterocycles. The van der Waals surface area contributed by atoms with Crippen LogP contribution in [0.3, 0.4) is 0 Å². The molecule has 3 N–H and O–H groups in total. The highest BCUT2D eigenvalue weighted by molar-refractivity contribution is 6.00. The maximum Gasteiger partial charge on any atom is 0.418 e. The van der Waals surface area contributed by atoms with E-state index in [4.69, 9.17) is 4.74 Å². The van der Waals surface area contributed by atoms with Gasteiger partial charge in [0.1, 0.15) is 11.4 Å². The van der Waals surface area contributed by atoms with Gasteiger partial charge in [-0.05, 0) is 43.7 Å². The molecule has 37 heavy (non-hydrogen) atoms. The molecule has 3 aromatic rings. The Morgan fingerprint density at radius 3 is 2.46 bits per heavy atom. The highest BCUT2D eigenvalue weighted by atomic mass is 19.4. The van der Waals surface area contributed by atoms with Crippen LogP contribution < -0.4 is 16.0 Å². The van der Waals surface area contributed by atoms with Gasteiger partial charge in [0.2, 0.25) is 5.91 Å². The first-order valence-corrected chi connectivity index (χ1v) is 11.6. The van der Waals surface area contributed by atoms with E-state index >= 15 is 0 Å². The first kappa shape index (κ1) is 26.1. The Morgan fingerprint density at radius 1 is 1.08 bits per heavy atom. The summed E-state index contributed by atoms with van der Waals surface area (Å²) in [4.78, 5) is 34.3. The molecule has 1 atom stereocenters. The van der Waals surface area contributed by atoms with Crippen LogP contribution in [0.1, 0.15) is 39.4 Å². The summed E-state index contributed by atoms with van der Waals surface area (Å²) in [6, 6.07) is 11.9. The van der Waals surface area contributed by atoms with E-state index in [9.17, 15) is 22.8 Å². The molecule has 1 fully saturated rings. The number of anilines is 2. The molecule has 1 unspecified atom stereocenters. The maximum atomic E-state index is 13.2. The molecule has 2 heterocycles. The Bertz CT molecular complexity index is 1290. The summed E-state index contributed by atoms with van der Waals surface area (Å²) in [6.07, 6.45) is -2.75. The Labute approximate surface area is 211 Å². The molecule has 194 valence electrons. The molecule has 2 aromatic carbocycles. The molecule has 8 nitrogen and oxygen atoms in total. The average Bonchev–Trinajstić information content (AvgIpc) is 3.32. The van der Waals surface area contributed by atoms with E-state index in [0.717, 1.165) is 11.6 Å². The first-order valence-electron chi connectivity index (χ1n) is 11.6. The lowest BCUT2D eigenvalue weighted by Gasteiger charge is -2.27. The Hall–Kier alpha value is -3.99. The van der Waals surface area contributed by atoms with E-state index in [1.807, 2.05) is 0 Å². The second-order valence-corrected chi connectivity index (χ2v) is 8.80. The summed E-state index contributed by atoms with van der Waals surface area (Å²) in [5.41, 5.74) is -0.0708. The number of halogens is 3. The van der Waals surface area contributed by atoms with Crippen LogP contribution in [0.15, 0.2) is 54.7 Å². The molecule has 0 bridgehead atoms. The third-order valence-electron chi connectivity index (χ3n) is 6.07. The molecular weight excluding hydrogens is 487 g/mol. The number of hydrogen-bond acceptors (Lipinski definition) is 6. The van der Waals surface area contributed by atoms with Crippen molar-refractivity contribution in [3.63, 3.8) is 0 Å². The number of benzene rings is 2. The lowest BCUT2D eigenvalue weighted by Crippen LogP contribution is -2.59. The summed E-state index contributed by atoms with van der Waals surface area (Å²) < 4.78 is 45.2. The van der Waals surface area contributed by atoms with E-state index in [2.05, 4.69) is 25.9 Å². The number of nitrogens with one attached hydrogen (secondary N) is 3. The van der Waals surface area contributed by atoms with E-state index in [0.29, 0.717) is 30.2 Å². The molecular formula is C26H26F3N5O3. The molecule has 4 rings (SSSR count). The number of amides is 2. The molecule has 0 saturated carbocycles. The van der Waals surface area contributed by atoms with Gasteiger partial charge >= 0.3 is 6.18 Å². The number of rotatable bonds is 7. The minimum Gasteiger partial charge on any atom is -0.378 e. The summed E-state index contributed by atoms with van der Waals surface area (Å²) in [5.74, 6) is -0.324. The number of alkyl halides is 3. The van der Waals surface area contributed by atoms with E-state index < -0.39 is 29.1 Å². The number of aryl methyl sites for hydroxylation is 2. The minimum atomic E-state index is -4.48. The van der Waals surface area contributed by atoms with Crippen LogP contribution in [0, 0.1) is 13.8 Å². The molecule has 0 spiro atoms. The van der Waals surface area contributed by atoms with Gasteiger partial charge in [-0.2, -0.15) is 13.2 Å². The number of carbonyl (C=O) groups excluding carboxylic acids is 2. The van der Waals surface area contributed by atoms with Crippen molar-refractivity contribution in [3.8, 4) is 0 Å². The van der Waals surface area contributed by atoms with Gasteiger partial charge in [-0.15, -0.1) is 0 Å². The van der Waals surface area contributed by atoms with Crippen LogP contribution in [0.5, 0.6) is 0 Å². The zero-order valence-corrected chi connectivity index (χ0v) is 20.3. The van der Waals surface area contributed by atoms with Crippen LogP contribution in [-0.4, -0.2) is 40.5 Å². The SMILES string of the molecule is Cc1ncc(C(=O)NC2(C(=O)NCc3ccc(Nc4ccccc4C(F)(F)F)cc3)CCOC2)c(C)n1. The quantitative estimate of drug-likeness (QED) is 0.440. The van der Waals surface area contributed by atoms with Crippen molar-refractivity contribution in [1.82, 2.24) is 20.6 Å². The molecule has 2 amide bonds. The number of hydrogen-bond donors (Lipinski definition) is 3. The van der Waals surface area contributed by atoms with Gasteiger partial charge in [0.05, 0.1) is 29.1 Å². The molecule has 1 aliphatic rings. The van der Waals surface area contributed by atoms with E-state index in [1.54, 1.807) is 38.1 Å². The van der Waals surface area contributed by atoms with Gasteiger partial charge < -0.3 is 20.7 Å². The van der Waals surface area contributed by atoms with E-state index in [1.165, 1.54) is 24.4 Å². The second kappa shape index (κ2) is 10.6. The van der Waals surface area contributed by atoms with Crippen LogP contribution in [-0.2, 0) is 22.3 Å². The summed E-state index contributed by atoms with van der Waals surface area (Å²) in [6.45, 7) is 3.91. The van der Waals surface area contributed by atoms with Crippen LogP contribution in [0.2, 0.25) is 0 Å². The summed E-state index contributed by atoms with van der Waals surface area (Å²) in [5, 5.41) is 8.41. The van der Waals surface area contributed by atoms with Gasteiger partial charge in [-0.25, -0.2) is 9.97 Å². The Morgan fingerprint density at radius 2 is 1.81 bits per heavy atom. The van der Waals surface area contributed by atoms with E-state index in [-0.39, 0.29) is 24.4 Å². The fourth-order valence-electron chi connectivity index (χ4n) is 4.04. The van der Waals surface area contributed by atoms with Crippen molar-refractivity contribution in [2.75, 3.05) is 18.5 Å². The van der Waals surface area contributed by atoms with Crippen LogP contribution >= 0.6 is 0 Å². The van der Waals surface area contributed by atoms with Crippen molar-refractivity contribution in [2.24, 2.45) is 0 Å². The zero-order chi connectivity index (χ0) is 26.6. The van der Waals surface area contributed by atoms with Gasteiger partial charge in [0.15, 0.2) is 0 Å². The molecule has 11 heteroatoms. The van der Waals surface area contributed by atoms with Crippen LogP contribution in [0.25, 0.3) is 0 Å². The highest BCUT2D eigenvalue weighted by Crippen LogP contribution is 2.35. The maximum absolute atomic E-state index is 13.2. The lowest BCUT2D eigenvalue weighted by atomic mass is 9.96. The van der Waals surface area contributed by atoms with Crippen molar-refractivity contribution in [3.05, 3.63) is 82.9 Å². The van der Waals surface area contributed by atoms with Gasteiger partial charge in [-0.1, -0.05) is 24.3 Å². The molecule has 0 aliphatic carbocycles. The normalized spacial score (nSPS) is 17.3. The topological polar surface area (TPSA) is 105 Å². The third kappa shape index (κ3) is 6.05. The van der Waals surface area contributed by atoms with Gasteiger partial charge in [0, 0.05) is 31.5 Å². The number of ether oxygens (including phenoxy) is 1. The fourth-order valence-corrected chi connectivity index (χ4v) is 4.04. The van der Waals surface area contributed by atoms with Crippen molar-refractivity contribution < 1.29 is 27.5 Å².